The minimum Gasteiger partial charge on any atom is -0.508 e. The van der Waals surface area contributed by atoms with Crippen LogP contribution in [0.25, 0.3) is 11.3 Å². The molecule has 0 aliphatic heterocycles. The number of benzene rings is 1. The van der Waals surface area contributed by atoms with Gasteiger partial charge in [-0.3, -0.25) is 0 Å². The maximum Gasteiger partial charge on any atom is 0.292 e. The van der Waals surface area contributed by atoms with Crippen LogP contribution in [0.3, 0.4) is 0 Å². The van der Waals surface area contributed by atoms with Crippen molar-refractivity contribution in [3.63, 3.8) is 0 Å². The molecule has 0 aliphatic carbocycles. The Morgan fingerprint density at radius 1 is 1.25 bits per heavy atom. The molecule has 0 aliphatic rings. The van der Waals surface area contributed by atoms with E-state index in [1.807, 2.05) is 13.8 Å². The zero-order valence-corrected chi connectivity index (χ0v) is 9.82. The summed E-state index contributed by atoms with van der Waals surface area (Å²) in [7, 11) is 0. The number of oxazole rings is 1. The summed E-state index contributed by atoms with van der Waals surface area (Å²) in [6.07, 6.45) is 0. The van der Waals surface area contributed by atoms with Gasteiger partial charge < -0.3 is 9.52 Å². The molecule has 3 nitrogen and oxygen atoms in total. The van der Waals surface area contributed by atoms with Gasteiger partial charge in [0.25, 0.3) is 5.35 Å². The third kappa shape index (κ3) is 2.04. The van der Waals surface area contributed by atoms with Crippen molar-refractivity contribution in [1.29, 1.82) is 0 Å². The highest BCUT2D eigenvalue weighted by Gasteiger charge is 2.16. The number of aromatic hydroxyl groups is 1. The van der Waals surface area contributed by atoms with Crippen LogP contribution < -0.4 is 0 Å². The lowest BCUT2D eigenvalue weighted by Crippen LogP contribution is -1.88. The van der Waals surface area contributed by atoms with Gasteiger partial charge in [-0.1, -0.05) is 13.8 Å². The number of hydrogen-bond donors (Lipinski definition) is 1. The minimum absolute atomic E-state index is 0.145. The Morgan fingerprint density at radius 3 is 2.44 bits per heavy atom. The second-order valence-corrected chi connectivity index (χ2v) is 4.20. The predicted molar refractivity (Wildman–Crippen MR) is 62.7 cm³/mol. The van der Waals surface area contributed by atoms with Crippen molar-refractivity contribution < 1.29 is 9.52 Å². The number of nitrogens with zero attached hydrogens (tertiary/aromatic N) is 1. The molecule has 2 aromatic rings. The largest absolute Gasteiger partial charge is 0.508 e. The Balaban J connectivity index is 2.50. The van der Waals surface area contributed by atoms with Gasteiger partial charge in [0, 0.05) is 11.5 Å². The van der Waals surface area contributed by atoms with Gasteiger partial charge in [0.15, 0.2) is 0 Å². The first-order chi connectivity index (χ1) is 7.58. The van der Waals surface area contributed by atoms with E-state index in [0.29, 0.717) is 0 Å². The highest BCUT2D eigenvalue weighted by molar-refractivity contribution is 6.27. The molecular formula is C12H12ClNO2. The van der Waals surface area contributed by atoms with Crippen molar-refractivity contribution >= 4 is 11.6 Å². The van der Waals surface area contributed by atoms with Gasteiger partial charge in [0.1, 0.15) is 17.2 Å². The van der Waals surface area contributed by atoms with Crippen LogP contribution in [0.5, 0.6) is 5.75 Å². The van der Waals surface area contributed by atoms with Crippen LogP contribution in [0.1, 0.15) is 25.5 Å². The maximum absolute atomic E-state index is 9.22. The lowest BCUT2D eigenvalue weighted by molar-refractivity contribution is 0.475. The molecule has 0 spiro atoms. The summed E-state index contributed by atoms with van der Waals surface area (Å²) in [6, 6.07) is 6.80. The van der Waals surface area contributed by atoms with E-state index in [1.54, 1.807) is 24.3 Å². The minimum atomic E-state index is 0.145. The second-order valence-electron chi connectivity index (χ2n) is 3.88. The molecule has 16 heavy (non-hydrogen) atoms. The average molecular weight is 238 g/mol. The Kier molecular flexibility index (Phi) is 2.88. The van der Waals surface area contributed by atoms with Crippen LogP contribution in [-0.2, 0) is 0 Å². The van der Waals surface area contributed by atoms with Gasteiger partial charge in [-0.15, -0.1) is 0 Å². The zero-order valence-electron chi connectivity index (χ0n) is 9.07. The molecule has 2 rings (SSSR count). The molecule has 0 saturated heterocycles. The Bertz CT molecular complexity index is 488. The number of rotatable bonds is 2. The van der Waals surface area contributed by atoms with E-state index in [9.17, 15) is 5.11 Å². The fraction of sp³-hybridized carbons (Fsp3) is 0.250. The molecule has 1 N–H and O–H groups in total. The summed E-state index contributed by atoms with van der Waals surface area (Å²) in [5.74, 6) is 1.20. The number of halogens is 1. The second kappa shape index (κ2) is 4.18. The molecule has 1 heterocycles. The zero-order chi connectivity index (χ0) is 11.7. The summed E-state index contributed by atoms with van der Waals surface area (Å²) < 4.78 is 5.35. The standard InChI is InChI=1S/C12H12ClNO2/c1-7(2)11-10(14-12(13)16-11)8-3-5-9(15)6-4-8/h3-7,15H,1-2H3. The molecule has 4 heteroatoms. The van der Waals surface area contributed by atoms with Crippen LogP contribution in [0.2, 0.25) is 5.35 Å². The summed E-state index contributed by atoms with van der Waals surface area (Å²) in [6.45, 7) is 4.03. The molecule has 0 amide bonds. The number of phenols is 1. The predicted octanol–water partition coefficient (Wildman–Crippen LogP) is 3.82. The lowest BCUT2D eigenvalue weighted by atomic mass is 10.0. The van der Waals surface area contributed by atoms with Crippen LogP contribution in [-0.4, -0.2) is 10.1 Å². The third-order valence-corrected chi connectivity index (χ3v) is 2.45. The molecule has 0 bridgehead atoms. The van der Waals surface area contributed by atoms with Gasteiger partial charge in [-0.25, -0.2) is 0 Å². The van der Waals surface area contributed by atoms with E-state index in [4.69, 9.17) is 16.0 Å². The summed E-state index contributed by atoms with van der Waals surface area (Å²) in [5.41, 5.74) is 1.62. The molecule has 0 radical (unpaired) electrons. The molecular weight excluding hydrogens is 226 g/mol. The highest BCUT2D eigenvalue weighted by atomic mass is 35.5. The summed E-state index contributed by atoms with van der Waals surface area (Å²) in [5, 5.41) is 9.36. The lowest BCUT2D eigenvalue weighted by Gasteiger charge is -2.03. The van der Waals surface area contributed by atoms with Crippen molar-refractivity contribution in [2.24, 2.45) is 0 Å². The van der Waals surface area contributed by atoms with Gasteiger partial charge in [0.05, 0.1) is 0 Å². The summed E-state index contributed by atoms with van der Waals surface area (Å²) >= 11 is 5.76. The molecule has 1 aromatic heterocycles. The smallest absolute Gasteiger partial charge is 0.292 e. The SMILES string of the molecule is CC(C)c1oc(Cl)nc1-c1ccc(O)cc1. The Hall–Kier alpha value is -1.48. The van der Waals surface area contributed by atoms with E-state index in [0.717, 1.165) is 17.0 Å². The molecule has 0 unspecified atom stereocenters. The fourth-order valence-electron chi connectivity index (χ4n) is 1.52. The molecule has 84 valence electrons. The van der Waals surface area contributed by atoms with E-state index in [-0.39, 0.29) is 17.0 Å². The third-order valence-electron chi connectivity index (χ3n) is 2.29. The van der Waals surface area contributed by atoms with Gasteiger partial charge in [-0.2, -0.15) is 4.98 Å². The van der Waals surface area contributed by atoms with Crippen LogP contribution in [0.4, 0.5) is 0 Å². The van der Waals surface area contributed by atoms with Crippen molar-refractivity contribution in [1.82, 2.24) is 4.98 Å². The average Bonchev–Trinajstić information content (AvgIpc) is 2.61. The van der Waals surface area contributed by atoms with Crippen LogP contribution >= 0.6 is 11.6 Å². The van der Waals surface area contributed by atoms with Gasteiger partial charge in [0.2, 0.25) is 0 Å². The van der Waals surface area contributed by atoms with Crippen LogP contribution in [0, 0.1) is 0 Å². The van der Waals surface area contributed by atoms with Crippen molar-refractivity contribution in [3.05, 3.63) is 35.4 Å². The van der Waals surface area contributed by atoms with Gasteiger partial charge in [-0.05, 0) is 35.9 Å². The topological polar surface area (TPSA) is 46.3 Å². The normalized spacial score (nSPS) is 11.0. The first kappa shape index (κ1) is 11.0. The first-order valence-electron chi connectivity index (χ1n) is 5.03. The van der Waals surface area contributed by atoms with Crippen molar-refractivity contribution in [2.45, 2.75) is 19.8 Å². The maximum atomic E-state index is 9.22. The van der Waals surface area contributed by atoms with Crippen molar-refractivity contribution in [3.8, 4) is 17.0 Å². The Labute approximate surface area is 98.7 Å². The highest BCUT2D eigenvalue weighted by Crippen LogP contribution is 2.31. The van der Waals surface area contributed by atoms with E-state index in [1.165, 1.54) is 0 Å². The molecule has 0 fully saturated rings. The summed E-state index contributed by atoms with van der Waals surface area (Å²) in [4.78, 5) is 4.15. The van der Waals surface area contributed by atoms with E-state index in [2.05, 4.69) is 4.98 Å². The van der Waals surface area contributed by atoms with Gasteiger partial charge >= 0.3 is 0 Å². The van der Waals surface area contributed by atoms with E-state index >= 15 is 0 Å². The monoisotopic (exact) mass is 237 g/mol. The molecule has 0 saturated carbocycles. The van der Waals surface area contributed by atoms with E-state index < -0.39 is 0 Å². The quantitative estimate of drug-likeness (QED) is 0.864. The Morgan fingerprint density at radius 2 is 1.88 bits per heavy atom. The number of hydrogen-bond acceptors (Lipinski definition) is 3. The van der Waals surface area contributed by atoms with Crippen molar-refractivity contribution in [2.75, 3.05) is 0 Å². The van der Waals surface area contributed by atoms with Crippen LogP contribution in [0.15, 0.2) is 28.7 Å². The number of phenolic OH excluding ortho intramolecular Hbond substituents is 1. The number of aromatic nitrogens is 1. The molecule has 0 atom stereocenters. The molecule has 1 aromatic carbocycles. The first-order valence-corrected chi connectivity index (χ1v) is 5.41. The fourth-order valence-corrected chi connectivity index (χ4v) is 1.69.